The van der Waals surface area contributed by atoms with Crippen LogP contribution < -0.4 is 33.7 Å². The molecule has 0 bridgehead atoms. The number of hydrogen-bond donors (Lipinski definition) is 1. The van der Waals surface area contributed by atoms with Crippen molar-refractivity contribution in [3.8, 4) is 34.5 Å². The molecule has 2 aromatic carbocycles. The summed E-state index contributed by atoms with van der Waals surface area (Å²) in [5, 5.41) is 2.77. The molecule has 0 heterocycles. The molecular weight excluding hydrogens is 434 g/mol. The Morgan fingerprint density at radius 3 is 1.52 bits per heavy atom. The molecule has 0 radical (unpaired) electrons. The van der Waals surface area contributed by atoms with E-state index in [2.05, 4.69) is 5.32 Å². The first-order chi connectivity index (χ1) is 15.8. The van der Waals surface area contributed by atoms with Gasteiger partial charge in [-0.25, -0.2) is 0 Å². The Balaban J connectivity index is 2.36. The van der Waals surface area contributed by atoms with Crippen molar-refractivity contribution in [1.82, 2.24) is 5.32 Å². The predicted molar refractivity (Wildman–Crippen MR) is 119 cm³/mol. The molecule has 2 aromatic rings. The number of ether oxygens (including phenoxy) is 7. The molecule has 0 spiro atoms. The Labute approximate surface area is 192 Å². The van der Waals surface area contributed by atoms with E-state index in [4.69, 9.17) is 33.2 Å². The van der Waals surface area contributed by atoms with Crippen molar-refractivity contribution in [1.29, 1.82) is 0 Å². The van der Waals surface area contributed by atoms with Crippen molar-refractivity contribution < 1.29 is 42.7 Å². The fourth-order valence-corrected chi connectivity index (χ4v) is 3.21. The summed E-state index contributed by atoms with van der Waals surface area (Å²) >= 11 is 0. The molecule has 10 nitrogen and oxygen atoms in total. The predicted octanol–water partition coefficient (Wildman–Crippen LogP) is 2.66. The normalized spacial score (nSPS) is 11.1. The number of amides is 1. The van der Waals surface area contributed by atoms with Crippen LogP contribution in [0.1, 0.15) is 24.2 Å². The highest BCUT2D eigenvalue weighted by Gasteiger charge is 2.27. The van der Waals surface area contributed by atoms with Crippen LogP contribution in [0, 0.1) is 0 Å². The summed E-state index contributed by atoms with van der Waals surface area (Å²) < 4.78 is 37.3. The molecule has 0 aromatic heterocycles. The minimum atomic E-state index is -1.25. The summed E-state index contributed by atoms with van der Waals surface area (Å²) in [5.41, 5.74) is 1.03. The second kappa shape index (κ2) is 11.7. The molecule has 0 aliphatic carbocycles. The molecule has 0 saturated heterocycles. The molecule has 1 unspecified atom stereocenters. The van der Waals surface area contributed by atoms with Gasteiger partial charge in [0, 0.05) is 19.0 Å². The molecule has 1 atom stereocenters. The van der Waals surface area contributed by atoms with Gasteiger partial charge in [0.05, 0.1) is 42.7 Å². The number of methoxy groups -OCH3 is 6. The second-order valence-corrected chi connectivity index (χ2v) is 6.70. The van der Waals surface area contributed by atoms with E-state index in [9.17, 15) is 9.59 Å². The Bertz CT molecular complexity index is 940. The van der Waals surface area contributed by atoms with Gasteiger partial charge in [-0.2, -0.15) is 0 Å². The number of esters is 1. The van der Waals surface area contributed by atoms with E-state index in [1.54, 1.807) is 24.3 Å². The molecule has 10 heteroatoms. The van der Waals surface area contributed by atoms with Crippen molar-refractivity contribution in [2.75, 3.05) is 42.7 Å². The van der Waals surface area contributed by atoms with Gasteiger partial charge in [0.2, 0.25) is 17.6 Å². The fourth-order valence-electron chi connectivity index (χ4n) is 3.21. The summed E-state index contributed by atoms with van der Waals surface area (Å²) in [6, 6.07) is 6.52. The lowest BCUT2D eigenvalue weighted by Crippen LogP contribution is -2.31. The molecular formula is C23H29NO9. The Hall–Kier alpha value is -3.82. The SMILES string of the molecule is COc1cc(CNC(=O)C(OC(C)=O)c2cc(OC)c(OC)c(OC)c2)cc(OC)c1OC. The monoisotopic (exact) mass is 463 g/mol. The number of rotatable bonds is 11. The van der Waals surface area contributed by atoms with Gasteiger partial charge in [0.25, 0.3) is 5.91 Å². The third-order valence-electron chi connectivity index (χ3n) is 4.70. The molecule has 0 fully saturated rings. The van der Waals surface area contributed by atoms with Crippen LogP contribution in [0.4, 0.5) is 0 Å². The number of benzene rings is 2. The van der Waals surface area contributed by atoms with E-state index in [0.717, 1.165) is 0 Å². The van der Waals surface area contributed by atoms with E-state index < -0.39 is 18.0 Å². The smallest absolute Gasteiger partial charge is 0.303 e. The van der Waals surface area contributed by atoms with Crippen molar-refractivity contribution >= 4 is 11.9 Å². The van der Waals surface area contributed by atoms with Gasteiger partial charge in [-0.05, 0) is 29.8 Å². The molecule has 0 aliphatic heterocycles. The van der Waals surface area contributed by atoms with Gasteiger partial charge in [-0.1, -0.05) is 0 Å². The lowest BCUT2D eigenvalue weighted by Gasteiger charge is -2.20. The zero-order chi connectivity index (χ0) is 24.5. The largest absolute Gasteiger partial charge is 0.493 e. The van der Waals surface area contributed by atoms with Gasteiger partial charge < -0.3 is 38.5 Å². The first-order valence-corrected chi connectivity index (χ1v) is 9.87. The maximum atomic E-state index is 13.0. The highest BCUT2D eigenvalue weighted by molar-refractivity contribution is 5.85. The zero-order valence-corrected chi connectivity index (χ0v) is 19.8. The second-order valence-electron chi connectivity index (χ2n) is 6.70. The van der Waals surface area contributed by atoms with Crippen LogP contribution in [-0.2, 0) is 20.9 Å². The minimum absolute atomic E-state index is 0.109. The average molecular weight is 463 g/mol. The third-order valence-corrected chi connectivity index (χ3v) is 4.70. The molecule has 1 amide bonds. The summed E-state index contributed by atoms with van der Waals surface area (Å²) in [5.74, 6) is 1.14. The van der Waals surface area contributed by atoms with Crippen molar-refractivity contribution in [2.45, 2.75) is 19.6 Å². The van der Waals surface area contributed by atoms with Crippen LogP contribution in [-0.4, -0.2) is 54.5 Å². The molecule has 2 rings (SSSR count). The van der Waals surface area contributed by atoms with Crippen molar-refractivity contribution in [2.24, 2.45) is 0 Å². The molecule has 0 aliphatic rings. The lowest BCUT2D eigenvalue weighted by atomic mass is 10.1. The van der Waals surface area contributed by atoms with Crippen molar-refractivity contribution in [3.05, 3.63) is 35.4 Å². The highest BCUT2D eigenvalue weighted by Crippen LogP contribution is 2.41. The van der Waals surface area contributed by atoms with Gasteiger partial charge in [-0.15, -0.1) is 0 Å². The molecule has 1 N–H and O–H groups in total. The maximum Gasteiger partial charge on any atom is 0.303 e. The number of nitrogens with one attached hydrogen (secondary N) is 1. The number of carbonyl (C=O) groups excluding carboxylic acids is 2. The topological polar surface area (TPSA) is 111 Å². The number of carbonyl (C=O) groups is 2. The Morgan fingerprint density at radius 2 is 1.15 bits per heavy atom. The van der Waals surface area contributed by atoms with Crippen molar-refractivity contribution in [3.63, 3.8) is 0 Å². The summed E-state index contributed by atoms with van der Waals surface area (Å²) in [6.07, 6.45) is -1.25. The van der Waals surface area contributed by atoms with Gasteiger partial charge in [0.15, 0.2) is 23.0 Å². The third kappa shape index (κ3) is 5.91. The number of hydrogen-bond acceptors (Lipinski definition) is 9. The summed E-state index contributed by atoms with van der Waals surface area (Å²) in [6.45, 7) is 1.33. The molecule has 180 valence electrons. The van der Waals surface area contributed by atoms with E-state index in [0.29, 0.717) is 45.6 Å². The van der Waals surface area contributed by atoms with E-state index in [-0.39, 0.29) is 6.54 Å². The standard InChI is InChI=1S/C23H29NO9/c1-13(25)33-20(15-10-18(29-4)22(32-7)19(11-15)30-5)23(26)24-12-14-8-16(27-2)21(31-6)17(9-14)28-3/h8-11,20H,12H2,1-7H3,(H,24,26). The first kappa shape index (κ1) is 25.4. The van der Waals surface area contributed by atoms with Crippen LogP contribution in [0.3, 0.4) is 0 Å². The summed E-state index contributed by atoms with van der Waals surface area (Å²) in [7, 11) is 8.87. The maximum absolute atomic E-state index is 13.0. The van der Waals surface area contributed by atoms with Crippen LogP contribution in [0.25, 0.3) is 0 Å². The lowest BCUT2D eigenvalue weighted by molar-refractivity contribution is -0.154. The van der Waals surface area contributed by atoms with E-state index >= 15 is 0 Å². The van der Waals surface area contributed by atoms with Crippen LogP contribution in [0.2, 0.25) is 0 Å². The summed E-state index contributed by atoms with van der Waals surface area (Å²) in [4.78, 5) is 24.8. The molecule has 0 saturated carbocycles. The van der Waals surface area contributed by atoms with E-state index in [1.807, 2.05) is 0 Å². The van der Waals surface area contributed by atoms with Gasteiger partial charge >= 0.3 is 5.97 Å². The first-order valence-electron chi connectivity index (χ1n) is 9.87. The highest BCUT2D eigenvalue weighted by atomic mass is 16.6. The Kier molecular flexibility index (Phi) is 9.02. The van der Waals surface area contributed by atoms with Crippen LogP contribution in [0.15, 0.2) is 24.3 Å². The van der Waals surface area contributed by atoms with Crippen LogP contribution in [0.5, 0.6) is 34.5 Å². The fraction of sp³-hybridized carbons (Fsp3) is 0.391. The molecule has 33 heavy (non-hydrogen) atoms. The quantitative estimate of drug-likeness (QED) is 0.503. The average Bonchev–Trinajstić information content (AvgIpc) is 2.83. The Morgan fingerprint density at radius 1 is 0.727 bits per heavy atom. The van der Waals surface area contributed by atoms with Crippen LogP contribution >= 0.6 is 0 Å². The van der Waals surface area contributed by atoms with Gasteiger partial charge in [-0.3, -0.25) is 9.59 Å². The van der Waals surface area contributed by atoms with Gasteiger partial charge in [0.1, 0.15) is 0 Å². The van der Waals surface area contributed by atoms with E-state index in [1.165, 1.54) is 49.6 Å². The minimum Gasteiger partial charge on any atom is -0.493 e. The zero-order valence-electron chi connectivity index (χ0n) is 19.8.